The normalized spacial score (nSPS) is 27.8. The van der Waals surface area contributed by atoms with Crippen molar-refractivity contribution in [2.75, 3.05) is 6.54 Å². The highest BCUT2D eigenvalue weighted by molar-refractivity contribution is 5.39. The molecule has 0 aromatic heterocycles. The van der Waals surface area contributed by atoms with Gasteiger partial charge in [0.05, 0.1) is 0 Å². The van der Waals surface area contributed by atoms with Gasteiger partial charge in [0.25, 0.3) is 0 Å². The monoisotopic (exact) mass is 203 g/mol. The van der Waals surface area contributed by atoms with Crippen LogP contribution in [0.1, 0.15) is 36.5 Å². The molecule has 1 aliphatic rings. The smallest absolute Gasteiger partial charge is 0.00375 e. The molecule has 0 amide bonds. The molecule has 1 aromatic rings. The average Bonchev–Trinajstić information content (AvgIpc) is 2.68. The lowest BCUT2D eigenvalue weighted by molar-refractivity contribution is 0.558. The summed E-state index contributed by atoms with van der Waals surface area (Å²) in [7, 11) is 0. The van der Waals surface area contributed by atoms with Gasteiger partial charge in [-0.15, -0.1) is 0 Å². The first-order valence-electron chi connectivity index (χ1n) is 5.75. The van der Waals surface area contributed by atoms with Crippen molar-refractivity contribution in [3.63, 3.8) is 0 Å². The lowest BCUT2D eigenvalue weighted by Crippen LogP contribution is -2.05. The second-order valence-corrected chi connectivity index (χ2v) is 5.50. The van der Waals surface area contributed by atoms with Crippen LogP contribution in [0.25, 0.3) is 0 Å². The summed E-state index contributed by atoms with van der Waals surface area (Å²) in [4.78, 5) is 0. The Morgan fingerprint density at radius 1 is 1.27 bits per heavy atom. The van der Waals surface area contributed by atoms with Gasteiger partial charge < -0.3 is 5.73 Å². The molecule has 0 radical (unpaired) electrons. The van der Waals surface area contributed by atoms with Gasteiger partial charge in [0.15, 0.2) is 0 Å². The maximum atomic E-state index is 5.82. The maximum Gasteiger partial charge on any atom is -0.00375 e. The first kappa shape index (κ1) is 10.7. The summed E-state index contributed by atoms with van der Waals surface area (Å²) in [5, 5.41) is 0. The van der Waals surface area contributed by atoms with Crippen molar-refractivity contribution in [3.05, 3.63) is 34.9 Å². The molecule has 2 N–H and O–H groups in total. The molecule has 0 saturated heterocycles. The summed E-state index contributed by atoms with van der Waals surface area (Å²) >= 11 is 0. The molecule has 0 unspecified atom stereocenters. The minimum absolute atomic E-state index is 0.398. The van der Waals surface area contributed by atoms with Gasteiger partial charge in [0.2, 0.25) is 0 Å². The molecular formula is C14H21N. The molecule has 2 atom stereocenters. The van der Waals surface area contributed by atoms with Crippen LogP contribution >= 0.6 is 0 Å². The fraction of sp³-hybridized carbons (Fsp3) is 0.571. The van der Waals surface area contributed by atoms with Crippen LogP contribution in [0.2, 0.25) is 0 Å². The molecule has 15 heavy (non-hydrogen) atoms. The lowest BCUT2D eigenvalue weighted by atomic mass is 9.97. The zero-order valence-electron chi connectivity index (χ0n) is 10.2. The number of aryl methyl sites for hydroxylation is 2. The first-order valence-corrected chi connectivity index (χ1v) is 5.75. The third kappa shape index (κ3) is 1.59. The molecule has 82 valence electrons. The molecule has 1 saturated carbocycles. The molecular weight excluding hydrogens is 182 g/mol. The van der Waals surface area contributed by atoms with Crippen LogP contribution in [0.15, 0.2) is 18.2 Å². The van der Waals surface area contributed by atoms with Crippen molar-refractivity contribution < 1.29 is 0 Å². The SMILES string of the molecule is Cc1ccc([C@@H]2[C@@H](CN)C2(C)C)c(C)c1. The Hall–Kier alpha value is -0.820. The Balaban J connectivity index is 2.33. The van der Waals surface area contributed by atoms with E-state index >= 15 is 0 Å². The van der Waals surface area contributed by atoms with E-state index in [4.69, 9.17) is 5.73 Å². The topological polar surface area (TPSA) is 26.0 Å². The van der Waals surface area contributed by atoms with Crippen LogP contribution in [-0.4, -0.2) is 6.54 Å². The van der Waals surface area contributed by atoms with E-state index in [1.54, 1.807) is 0 Å². The summed E-state index contributed by atoms with van der Waals surface area (Å²) in [5.41, 5.74) is 10.5. The van der Waals surface area contributed by atoms with E-state index in [1.165, 1.54) is 16.7 Å². The van der Waals surface area contributed by atoms with Gasteiger partial charge in [0.1, 0.15) is 0 Å². The van der Waals surface area contributed by atoms with E-state index in [1.807, 2.05) is 0 Å². The van der Waals surface area contributed by atoms with Gasteiger partial charge in [-0.3, -0.25) is 0 Å². The molecule has 0 heterocycles. The Bertz CT molecular complexity index is 379. The quantitative estimate of drug-likeness (QED) is 0.785. The molecule has 0 bridgehead atoms. The lowest BCUT2D eigenvalue weighted by Gasteiger charge is -2.08. The van der Waals surface area contributed by atoms with Crippen LogP contribution in [-0.2, 0) is 0 Å². The summed E-state index contributed by atoms with van der Waals surface area (Å²) in [5.74, 6) is 1.34. The Labute approximate surface area is 92.7 Å². The standard InChI is InChI=1S/C14H21N/c1-9-5-6-11(10(2)7-9)13-12(8-15)14(13,3)4/h5-7,12-13H,8,15H2,1-4H3/t12-,13-/m1/s1. The van der Waals surface area contributed by atoms with Gasteiger partial charge in [-0.2, -0.15) is 0 Å². The summed E-state index contributed by atoms with van der Waals surface area (Å²) in [6.45, 7) is 9.83. The fourth-order valence-corrected chi connectivity index (χ4v) is 2.98. The Morgan fingerprint density at radius 2 is 1.93 bits per heavy atom. The van der Waals surface area contributed by atoms with Gasteiger partial charge in [-0.1, -0.05) is 37.6 Å². The summed E-state index contributed by atoms with van der Waals surface area (Å²) < 4.78 is 0. The van der Waals surface area contributed by atoms with Gasteiger partial charge in [-0.05, 0) is 48.8 Å². The summed E-state index contributed by atoms with van der Waals surface area (Å²) in [6, 6.07) is 6.77. The minimum Gasteiger partial charge on any atom is -0.330 e. The van der Waals surface area contributed by atoms with Gasteiger partial charge in [-0.25, -0.2) is 0 Å². The van der Waals surface area contributed by atoms with E-state index < -0.39 is 0 Å². The van der Waals surface area contributed by atoms with E-state index in [9.17, 15) is 0 Å². The molecule has 0 aliphatic heterocycles. The van der Waals surface area contributed by atoms with Crippen molar-refractivity contribution in [3.8, 4) is 0 Å². The predicted octanol–water partition coefficient (Wildman–Crippen LogP) is 3.00. The first-order chi connectivity index (χ1) is 6.98. The van der Waals surface area contributed by atoms with Gasteiger partial charge in [0, 0.05) is 0 Å². The van der Waals surface area contributed by atoms with Crippen LogP contribution in [0, 0.1) is 25.2 Å². The van der Waals surface area contributed by atoms with Crippen LogP contribution in [0.5, 0.6) is 0 Å². The predicted molar refractivity (Wildman–Crippen MR) is 65.0 cm³/mol. The molecule has 1 heteroatoms. The highest BCUT2D eigenvalue weighted by atomic mass is 14.7. The maximum absolute atomic E-state index is 5.82. The number of hydrogen-bond acceptors (Lipinski definition) is 1. The Kier molecular flexibility index (Phi) is 2.38. The van der Waals surface area contributed by atoms with Crippen LogP contribution in [0.3, 0.4) is 0 Å². The summed E-state index contributed by atoms with van der Waals surface area (Å²) in [6.07, 6.45) is 0. The third-order valence-corrected chi connectivity index (χ3v) is 4.06. The van der Waals surface area contributed by atoms with Crippen molar-refractivity contribution in [2.24, 2.45) is 17.1 Å². The zero-order valence-corrected chi connectivity index (χ0v) is 10.2. The zero-order chi connectivity index (χ0) is 11.2. The van der Waals surface area contributed by atoms with E-state index in [0.29, 0.717) is 17.3 Å². The number of nitrogens with two attached hydrogens (primary N) is 1. The van der Waals surface area contributed by atoms with E-state index in [0.717, 1.165) is 6.54 Å². The highest BCUT2D eigenvalue weighted by Gasteiger charge is 2.57. The second-order valence-electron chi connectivity index (χ2n) is 5.50. The second kappa shape index (κ2) is 3.34. The van der Waals surface area contributed by atoms with Crippen LogP contribution < -0.4 is 5.73 Å². The number of rotatable bonds is 2. The Morgan fingerprint density at radius 3 is 2.40 bits per heavy atom. The molecule has 2 rings (SSSR count). The van der Waals surface area contributed by atoms with E-state index in [2.05, 4.69) is 45.9 Å². The van der Waals surface area contributed by atoms with Crippen molar-refractivity contribution in [1.82, 2.24) is 0 Å². The van der Waals surface area contributed by atoms with Crippen molar-refractivity contribution >= 4 is 0 Å². The molecule has 1 aliphatic carbocycles. The number of hydrogen-bond donors (Lipinski definition) is 1. The number of benzene rings is 1. The molecule has 1 nitrogen and oxygen atoms in total. The van der Waals surface area contributed by atoms with E-state index in [-0.39, 0.29) is 0 Å². The fourth-order valence-electron chi connectivity index (χ4n) is 2.98. The third-order valence-electron chi connectivity index (χ3n) is 4.06. The van der Waals surface area contributed by atoms with Crippen LogP contribution in [0.4, 0.5) is 0 Å². The van der Waals surface area contributed by atoms with Crippen molar-refractivity contribution in [1.29, 1.82) is 0 Å². The molecule has 1 fully saturated rings. The van der Waals surface area contributed by atoms with Gasteiger partial charge >= 0.3 is 0 Å². The minimum atomic E-state index is 0.398. The largest absolute Gasteiger partial charge is 0.330 e. The average molecular weight is 203 g/mol. The molecule has 0 spiro atoms. The molecule has 1 aromatic carbocycles. The highest BCUT2D eigenvalue weighted by Crippen LogP contribution is 2.64. The van der Waals surface area contributed by atoms with Crippen molar-refractivity contribution in [2.45, 2.75) is 33.6 Å².